The van der Waals surface area contributed by atoms with Crippen LogP contribution in [0.4, 0.5) is 0 Å². The number of hydrogen-bond donors (Lipinski definition) is 1. The molecule has 1 saturated carbocycles. The van der Waals surface area contributed by atoms with Crippen molar-refractivity contribution in [2.75, 3.05) is 33.2 Å². The van der Waals surface area contributed by atoms with Crippen molar-refractivity contribution in [3.05, 3.63) is 114 Å². The largest absolute Gasteiger partial charge is 1.00 e. The second kappa shape index (κ2) is 23.8. The average molecular weight is 845 g/mol. The van der Waals surface area contributed by atoms with Gasteiger partial charge >= 0.3 is 59.1 Å². The number of ketones is 1. The molecule has 3 aromatic carbocycles. The molecule has 14 nitrogen and oxygen atoms in total. The Kier molecular flexibility index (Phi) is 20.2. The van der Waals surface area contributed by atoms with E-state index in [9.17, 15) is 33.5 Å². The summed E-state index contributed by atoms with van der Waals surface area (Å²) < 4.78 is 16.4. The summed E-state index contributed by atoms with van der Waals surface area (Å²) in [6, 6.07) is 22.5. The number of aromatic nitrogens is 1. The first-order chi connectivity index (χ1) is 27.4. The molecule has 3 aliphatic rings. The minimum absolute atomic E-state index is 0. The molecule has 2 aliphatic heterocycles. The summed E-state index contributed by atoms with van der Waals surface area (Å²) in [7, 11) is -2.95. The van der Waals surface area contributed by atoms with Crippen LogP contribution >= 0.6 is 7.82 Å². The van der Waals surface area contributed by atoms with Crippen LogP contribution in [0, 0.1) is 12.8 Å². The van der Waals surface area contributed by atoms with Gasteiger partial charge in [0.25, 0.3) is 0 Å². The van der Waals surface area contributed by atoms with Gasteiger partial charge in [0, 0.05) is 49.2 Å². The van der Waals surface area contributed by atoms with E-state index in [4.69, 9.17) is 0 Å². The van der Waals surface area contributed by atoms with Crippen LogP contribution in [0.3, 0.4) is 0 Å². The first-order valence-electron chi connectivity index (χ1n) is 19.2. The summed E-state index contributed by atoms with van der Waals surface area (Å²) in [5.74, 6) is 0.0631. The van der Waals surface area contributed by atoms with Gasteiger partial charge in [-0.2, -0.15) is 0 Å². The number of nitrogens with one attached hydrogen (secondary N) is 1. The maximum Gasteiger partial charge on any atom is 1.00 e. The Labute approximate surface area is 390 Å². The molecule has 1 aromatic heterocycles. The van der Waals surface area contributed by atoms with Gasteiger partial charge in [-0.1, -0.05) is 85.6 Å². The van der Waals surface area contributed by atoms with Crippen LogP contribution in [0.25, 0.3) is 10.9 Å². The SMILES string of the molecule is C=CCN1CC(=O)N2CC(=O)N(Cc3cccc4c(C(=O)C5CC5)cn(CCCC)c34)CC2N1C=O.CNCc1ccccc1.Cc1ccc(OP(=O)([O-])[O-])cc1.[Na+].[Na+]. The summed E-state index contributed by atoms with van der Waals surface area (Å²) in [4.78, 5) is 74.4. The summed E-state index contributed by atoms with van der Waals surface area (Å²) in [5, 5.41) is 7.18. The fraction of sp³-hybridized carbons (Fsp3) is 0.381. The number of para-hydroxylation sites is 1. The first-order valence-corrected chi connectivity index (χ1v) is 20.6. The molecule has 59 heavy (non-hydrogen) atoms. The molecule has 1 aliphatic carbocycles. The van der Waals surface area contributed by atoms with Gasteiger partial charge in [0.05, 0.1) is 18.6 Å². The van der Waals surface area contributed by atoms with Crippen molar-refractivity contribution in [1.29, 1.82) is 0 Å². The van der Waals surface area contributed by atoms with Crippen LogP contribution in [0.2, 0.25) is 0 Å². The molecule has 1 atom stereocenters. The smallest absolute Gasteiger partial charge is 0.780 e. The van der Waals surface area contributed by atoms with Crippen LogP contribution in [-0.4, -0.2) is 87.8 Å². The quantitative estimate of drug-likeness (QED) is 0.0494. The molecule has 3 fully saturated rings. The maximum absolute atomic E-state index is 13.1. The fourth-order valence-corrected chi connectivity index (χ4v) is 7.29. The molecule has 7 rings (SSSR count). The van der Waals surface area contributed by atoms with E-state index < -0.39 is 14.0 Å². The van der Waals surface area contributed by atoms with Crippen LogP contribution in [0.5, 0.6) is 5.75 Å². The number of Topliss-reactive ketones (excluding diaryl/α,β-unsaturated/α-hetero) is 1. The summed E-state index contributed by atoms with van der Waals surface area (Å²) in [6.45, 7) is 10.4. The number of fused-ring (bicyclic) bond motifs is 2. The monoisotopic (exact) mass is 844 g/mol. The third-order valence-electron chi connectivity index (χ3n) is 9.89. The third-order valence-corrected chi connectivity index (χ3v) is 10.3. The summed E-state index contributed by atoms with van der Waals surface area (Å²) in [6.07, 6.45) is 7.73. The number of carbonyl (C=O) groups excluding carboxylic acids is 4. The van der Waals surface area contributed by atoms with Gasteiger partial charge in [0.15, 0.2) is 5.78 Å². The predicted molar refractivity (Wildman–Crippen MR) is 213 cm³/mol. The maximum atomic E-state index is 13.1. The zero-order valence-corrected chi connectivity index (χ0v) is 39.6. The number of nitrogens with zero attached hydrogens (tertiary/aromatic N) is 5. The number of hydrogen-bond acceptors (Lipinski definition) is 10. The molecule has 0 bridgehead atoms. The van der Waals surface area contributed by atoms with E-state index in [0.29, 0.717) is 19.5 Å². The first kappa shape index (κ1) is 50.2. The number of amides is 3. The van der Waals surface area contributed by atoms with Gasteiger partial charge in [0.2, 0.25) is 18.2 Å². The molecule has 1 N–H and O–H groups in total. The predicted octanol–water partition coefficient (Wildman–Crippen LogP) is -1.98. The third kappa shape index (κ3) is 14.0. The Hall–Kier alpha value is -3.11. The topological polar surface area (TPSA) is 171 Å². The molecular weight excluding hydrogens is 793 g/mol. The minimum Gasteiger partial charge on any atom is -0.780 e. The Morgan fingerprint density at radius 2 is 1.68 bits per heavy atom. The van der Waals surface area contributed by atoms with Crippen molar-refractivity contribution in [2.45, 2.75) is 65.3 Å². The molecule has 17 heteroatoms. The number of piperazine rings is 1. The van der Waals surface area contributed by atoms with Gasteiger partial charge in [-0.3, -0.25) is 24.2 Å². The molecule has 4 aromatic rings. The van der Waals surface area contributed by atoms with Gasteiger partial charge in [-0.25, -0.2) is 5.01 Å². The van der Waals surface area contributed by atoms with E-state index in [-0.39, 0.29) is 108 Å². The van der Waals surface area contributed by atoms with Crippen molar-refractivity contribution < 1.29 is 97.2 Å². The number of phosphoric acid groups is 1. The second-order valence-corrected chi connectivity index (χ2v) is 15.4. The minimum atomic E-state index is -4.90. The number of aryl methyl sites for hydroxylation is 2. The van der Waals surface area contributed by atoms with Crippen molar-refractivity contribution in [2.24, 2.45) is 5.92 Å². The normalized spacial score (nSPS) is 16.4. The molecule has 0 spiro atoms. The molecule has 3 heterocycles. The van der Waals surface area contributed by atoms with Crippen LogP contribution in [0.1, 0.15) is 59.7 Å². The molecule has 304 valence electrons. The van der Waals surface area contributed by atoms with Gasteiger partial charge in [-0.15, -0.1) is 6.58 Å². The van der Waals surface area contributed by atoms with E-state index in [1.165, 1.54) is 27.6 Å². The molecule has 2 saturated heterocycles. The molecular formula is C42H51N6Na2O8P. The Bertz CT molecular complexity index is 2080. The van der Waals surface area contributed by atoms with E-state index in [0.717, 1.165) is 66.4 Å². The van der Waals surface area contributed by atoms with E-state index in [2.05, 4.69) is 40.0 Å². The molecule has 0 radical (unpaired) electrons. The van der Waals surface area contributed by atoms with Gasteiger partial charge in [0.1, 0.15) is 26.3 Å². The van der Waals surface area contributed by atoms with Gasteiger partial charge < -0.3 is 38.6 Å². The van der Waals surface area contributed by atoms with Crippen molar-refractivity contribution in [1.82, 2.24) is 29.7 Å². The summed E-state index contributed by atoms with van der Waals surface area (Å²) in [5.41, 5.74) is 5.02. The number of carbonyl (C=O) groups is 4. The number of unbranched alkanes of at least 4 members (excludes halogenated alkanes) is 1. The molecule has 1 unspecified atom stereocenters. The van der Waals surface area contributed by atoms with Gasteiger partial charge in [-0.05, 0) is 56.5 Å². The zero-order chi connectivity index (χ0) is 41.1. The Morgan fingerprint density at radius 3 is 2.27 bits per heavy atom. The van der Waals surface area contributed by atoms with Crippen molar-refractivity contribution in [3.63, 3.8) is 0 Å². The Morgan fingerprint density at radius 1 is 0.983 bits per heavy atom. The second-order valence-electron chi connectivity index (χ2n) is 14.3. The summed E-state index contributed by atoms with van der Waals surface area (Å²) >= 11 is 0. The number of rotatable bonds is 14. The number of hydrazine groups is 1. The average Bonchev–Trinajstić information content (AvgIpc) is 3.97. The van der Waals surface area contributed by atoms with E-state index in [1.807, 2.05) is 56.6 Å². The van der Waals surface area contributed by atoms with E-state index >= 15 is 0 Å². The molecule has 3 amide bonds. The fourth-order valence-electron chi connectivity index (χ4n) is 6.91. The van der Waals surface area contributed by atoms with Crippen LogP contribution < -0.4 is 78.7 Å². The van der Waals surface area contributed by atoms with Crippen molar-refractivity contribution >= 4 is 42.7 Å². The standard InChI is InChI=1S/C27H33N5O4.C8H11N.C7H9O4P.2Na/c1-3-5-12-28-14-22(27(36)19-9-10-19)21-8-6-7-20(26(21)28)13-29-15-23-31(17-24(29)34)25(35)16-30(11-4-2)32(23)18-33;1-9-7-8-5-3-2-4-6-8;1-6-2-4-7(5-3-6)11-12(8,9)10;;/h4,6-8,14,18-19,23H,2-3,5,9-13,15-17H2,1H3;2-6,9H,7H2,1H3;2-5H,1H3,(H2,8,9,10);;/q;;;2*+1/p-2. The number of phosphoric ester groups is 1. The van der Waals surface area contributed by atoms with Crippen LogP contribution in [0.15, 0.2) is 91.6 Å². The number of benzene rings is 3. The van der Waals surface area contributed by atoms with Crippen molar-refractivity contribution in [3.8, 4) is 5.75 Å². The Balaban J connectivity index is 0.000000332. The van der Waals surface area contributed by atoms with Crippen LogP contribution in [-0.2, 0) is 38.6 Å². The zero-order valence-electron chi connectivity index (χ0n) is 34.7. The van der Waals surface area contributed by atoms with E-state index in [1.54, 1.807) is 28.1 Å².